The van der Waals surface area contributed by atoms with E-state index >= 15 is 0 Å². The van der Waals surface area contributed by atoms with Gasteiger partial charge < -0.3 is 4.74 Å². The zero-order valence-electron chi connectivity index (χ0n) is 17.7. The van der Waals surface area contributed by atoms with Gasteiger partial charge in [-0.15, -0.1) is 0 Å². The van der Waals surface area contributed by atoms with Crippen LogP contribution in [0.25, 0.3) is 10.9 Å². The van der Waals surface area contributed by atoms with Crippen LogP contribution < -0.4 is 10.3 Å². The van der Waals surface area contributed by atoms with E-state index in [0.29, 0.717) is 28.0 Å². The lowest BCUT2D eigenvalue weighted by Crippen LogP contribution is -2.23. The van der Waals surface area contributed by atoms with Gasteiger partial charge in [0.25, 0.3) is 11.2 Å². The van der Waals surface area contributed by atoms with E-state index in [0.717, 1.165) is 10.7 Å². The van der Waals surface area contributed by atoms with Crippen LogP contribution in [0.4, 0.5) is 5.69 Å². The zero-order valence-corrected chi connectivity index (χ0v) is 19.3. The topological polar surface area (TPSA) is 113 Å². The van der Waals surface area contributed by atoms with Gasteiger partial charge in [0.15, 0.2) is 0 Å². The quantitative estimate of drug-likeness (QED) is 0.200. The van der Waals surface area contributed by atoms with E-state index in [1.54, 1.807) is 36.5 Å². The Morgan fingerprint density at radius 2 is 2.00 bits per heavy atom. The first-order chi connectivity index (χ1) is 15.8. The standard InChI is InChI=1S/C23H18BrN5O4/c1-14(2)22-27-20-8-6-16(24)11-19(20)23(30)28(22)26-12-15-4-3-5-18(10-15)33-21-9-7-17(13-25-21)29(31)32/h3-14H,1-2H3. The highest BCUT2D eigenvalue weighted by Gasteiger charge is 2.14. The maximum absolute atomic E-state index is 13.1. The molecule has 0 saturated carbocycles. The van der Waals surface area contributed by atoms with Gasteiger partial charge >= 0.3 is 0 Å². The molecule has 9 nitrogen and oxygen atoms in total. The summed E-state index contributed by atoms with van der Waals surface area (Å²) in [5, 5.41) is 15.6. The number of pyridine rings is 1. The molecule has 0 fully saturated rings. The van der Waals surface area contributed by atoms with Crippen LogP contribution in [0.2, 0.25) is 0 Å². The number of hydrogen-bond acceptors (Lipinski definition) is 7. The first-order valence-electron chi connectivity index (χ1n) is 9.97. The number of nitrogens with zero attached hydrogens (tertiary/aromatic N) is 5. The molecule has 0 radical (unpaired) electrons. The Bertz CT molecular complexity index is 1430. The smallest absolute Gasteiger partial charge is 0.287 e. The van der Waals surface area contributed by atoms with Gasteiger partial charge in [-0.1, -0.05) is 41.9 Å². The first kappa shape index (κ1) is 22.3. The third kappa shape index (κ3) is 4.96. The fourth-order valence-corrected chi connectivity index (χ4v) is 3.46. The number of nitro groups is 1. The highest BCUT2D eigenvalue weighted by atomic mass is 79.9. The molecular formula is C23H18BrN5O4. The summed E-state index contributed by atoms with van der Waals surface area (Å²) in [5.74, 6) is 1.22. The van der Waals surface area contributed by atoms with Gasteiger partial charge in [-0.25, -0.2) is 9.97 Å². The Morgan fingerprint density at radius 1 is 1.18 bits per heavy atom. The third-order valence-corrected chi connectivity index (χ3v) is 5.18. The monoisotopic (exact) mass is 507 g/mol. The third-order valence-electron chi connectivity index (χ3n) is 4.68. The van der Waals surface area contributed by atoms with Crippen molar-refractivity contribution < 1.29 is 9.66 Å². The predicted molar refractivity (Wildman–Crippen MR) is 128 cm³/mol. The van der Waals surface area contributed by atoms with E-state index in [9.17, 15) is 14.9 Å². The van der Waals surface area contributed by atoms with E-state index < -0.39 is 4.92 Å². The highest BCUT2D eigenvalue weighted by molar-refractivity contribution is 9.10. The summed E-state index contributed by atoms with van der Waals surface area (Å²) in [7, 11) is 0. The Kier molecular flexibility index (Phi) is 6.27. The summed E-state index contributed by atoms with van der Waals surface area (Å²) in [4.78, 5) is 31.9. The van der Waals surface area contributed by atoms with E-state index in [1.165, 1.54) is 16.8 Å². The van der Waals surface area contributed by atoms with Gasteiger partial charge in [-0.2, -0.15) is 9.78 Å². The van der Waals surface area contributed by atoms with Gasteiger partial charge in [0.05, 0.1) is 22.0 Å². The van der Waals surface area contributed by atoms with Crippen molar-refractivity contribution in [2.24, 2.45) is 5.10 Å². The van der Waals surface area contributed by atoms with Crippen molar-refractivity contribution in [1.29, 1.82) is 0 Å². The van der Waals surface area contributed by atoms with Crippen molar-refractivity contribution in [2.75, 3.05) is 0 Å². The number of fused-ring (bicyclic) bond motifs is 1. The maximum atomic E-state index is 13.1. The lowest BCUT2D eigenvalue weighted by Gasteiger charge is -2.12. The molecule has 2 heterocycles. The molecule has 0 bridgehead atoms. The average molecular weight is 508 g/mol. The Balaban J connectivity index is 1.65. The second-order valence-electron chi connectivity index (χ2n) is 7.43. The minimum absolute atomic E-state index is 0.0224. The normalized spacial score (nSPS) is 11.4. The minimum Gasteiger partial charge on any atom is -0.439 e. The van der Waals surface area contributed by atoms with Gasteiger partial charge in [-0.3, -0.25) is 14.9 Å². The molecule has 0 amide bonds. The number of hydrogen-bond donors (Lipinski definition) is 0. The number of ether oxygens (including phenoxy) is 1. The highest BCUT2D eigenvalue weighted by Crippen LogP contribution is 2.22. The van der Waals surface area contributed by atoms with Crippen LogP contribution in [0, 0.1) is 10.1 Å². The van der Waals surface area contributed by atoms with Crippen LogP contribution in [-0.4, -0.2) is 25.8 Å². The lowest BCUT2D eigenvalue weighted by atomic mass is 10.2. The summed E-state index contributed by atoms with van der Waals surface area (Å²) in [6.07, 6.45) is 2.68. The molecule has 2 aromatic carbocycles. The van der Waals surface area contributed by atoms with Gasteiger partial charge in [0.1, 0.15) is 17.8 Å². The van der Waals surface area contributed by atoms with Crippen LogP contribution in [0.1, 0.15) is 31.2 Å². The van der Waals surface area contributed by atoms with Gasteiger partial charge in [0, 0.05) is 22.5 Å². The van der Waals surface area contributed by atoms with Gasteiger partial charge in [0.2, 0.25) is 5.88 Å². The number of halogens is 1. The lowest BCUT2D eigenvalue weighted by molar-refractivity contribution is -0.385. The summed E-state index contributed by atoms with van der Waals surface area (Å²) in [5.41, 5.74) is 0.920. The molecule has 0 aliphatic carbocycles. The van der Waals surface area contributed by atoms with Crippen molar-refractivity contribution in [1.82, 2.24) is 14.6 Å². The second-order valence-corrected chi connectivity index (χ2v) is 8.35. The number of aromatic nitrogens is 3. The van der Waals surface area contributed by atoms with Crippen LogP contribution in [0.15, 0.2) is 75.2 Å². The molecule has 0 atom stereocenters. The minimum atomic E-state index is -0.526. The summed E-state index contributed by atoms with van der Waals surface area (Å²) >= 11 is 3.39. The molecule has 0 N–H and O–H groups in total. The second kappa shape index (κ2) is 9.29. The molecule has 33 heavy (non-hydrogen) atoms. The Morgan fingerprint density at radius 3 is 2.70 bits per heavy atom. The number of rotatable bonds is 6. The van der Waals surface area contributed by atoms with Crippen molar-refractivity contribution in [3.63, 3.8) is 0 Å². The van der Waals surface area contributed by atoms with E-state index in [1.807, 2.05) is 26.0 Å². The molecule has 0 spiro atoms. The van der Waals surface area contributed by atoms with Crippen molar-refractivity contribution in [3.8, 4) is 11.6 Å². The zero-order chi connectivity index (χ0) is 23.5. The molecular weight excluding hydrogens is 490 g/mol. The molecule has 4 rings (SSSR count). The Labute approximate surface area is 196 Å². The average Bonchev–Trinajstić information content (AvgIpc) is 2.79. The summed E-state index contributed by atoms with van der Waals surface area (Å²) in [6.45, 7) is 3.90. The van der Waals surface area contributed by atoms with Crippen LogP contribution in [0.3, 0.4) is 0 Å². The van der Waals surface area contributed by atoms with Crippen molar-refractivity contribution in [3.05, 3.63) is 97.1 Å². The fraction of sp³-hybridized carbons (Fsp3) is 0.130. The molecule has 166 valence electrons. The van der Waals surface area contributed by atoms with Crippen LogP contribution in [-0.2, 0) is 0 Å². The molecule has 0 unspecified atom stereocenters. The van der Waals surface area contributed by atoms with E-state index in [4.69, 9.17) is 4.74 Å². The molecule has 0 aliphatic heterocycles. The fourth-order valence-electron chi connectivity index (χ4n) is 3.10. The number of benzene rings is 2. The summed E-state index contributed by atoms with van der Waals surface area (Å²) < 4.78 is 7.77. The van der Waals surface area contributed by atoms with Crippen LogP contribution >= 0.6 is 15.9 Å². The largest absolute Gasteiger partial charge is 0.439 e. The molecule has 0 saturated heterocycles. The summed E-state index contributed by atoms with van der Waals surface area (Å²) in [6, 6.07) is 15.1. The maximum Gasteiger partial charge on any atom is 0.287 e. The molecule has 0 aliphatic rings. The van der Waals surface area contributed by atoms with Crippen molar-refractivity contribution >= 4 is 38.7 Å². The predicted octanol–water partition coefficient (Wildman–Crippen LogP) is 5.26. The first-order valence-corrected chi connectivity index (χ1v) is 10.8. The van der Waals surface area contributed by atoms with E-state index in [-0.39, 0.29) is 23.0 Å². The van der Waals surface area contributed by atoms with E-state index in [2.05, 4.69) is 31.0 Å². The SMILES string of the molecule is CC(C)c1nc2ccc(Br)cc2c(=O)n1N=Cc1cccc(Oc2ccc([N+](=O)[O-])cn2)c1. The molecule has 10 heteroatoms. The van der Waals surface area contributed by atoms with Gasteiger partial charge in [-0.05, 0) is 35.9 Å². The molecule has 2 aromatic heterocycles. The Hall–Kier alpha value is -3.92. The van der Waals surface area contributed by atoms with Crippen molar-refractivity contribution in [2.45, 2.75) is 19.8 Å². The van der Waals surface area contributed by atoms with Crippen LogP contribution in [0.5, 0.6) is 11.6 Å². The molecule has 4 aromatic rings.